The first-order valence-electron chi connectivity index (χ1n) is 10.2. The second-order valence-corrected chi connectivity index (χ2v) is 8.73. The van der Waals surface area contributed by atoms with Gasteiger partial charge in [-0.1, -0.05) is 24.3 Å². The fraction of sp³-hybridized carbons (Fsp3) is 0.273. The van der Waals surface area contributed by atoms with Gasteiger partial charge in [-0.15, -0.1) is 24.0 Å². The molecule has 0 fully saturated rings. The molecule has 10 heteroatoms. The fourth-order valence-corrected chi connectivity index (χ4v) is 3.80. The summed E-state index contributed by atoms with van der Waals surface area (Å²) in [6.07, 6.45) is 4.52. The van der Waals surface area contributed by atoms with E-state index in [4.69, 9.17) is 0 Å². The van der Waals surface area contributed by atoms with Crippen LogP contribution in [-0.2, 0) is 23.0 Å². The second kappa shape index (κ2) is 12.6. The van der Waals surface area contributed by atoms with Gasteiger partial charge in [-0.2, -0.15) is 5.10 Å². The minimum Gasteiger partial charge on any atom is -0.357 e. The summed E-state index contributed by atoms with van der Waals surface area (Å²) in [5.41, 5.74) is 3.06. The Kier molecular flexibility index (Phi) is 10.1. The van der Waals surface area contributed by atoms with E-state index in [0.29, 0.717) is 12.5 Å². The van der Waals surface area contributed by atoms with E-state index in [2.05, 4.69) is 37.6 Å². The zero-order valence-corrected chi connectivity index (χ0v) is 21.3. The number of hydrogen-bond donors (Lipinski definition) is 3. The van der Waals surface area contributed by atoms with Gasteiger partial charge in [-0.3, -0.25) is 0 Å². The third-order valence-corrected chi connectivity index (χ3v) is 6.06. The minimum absolute atomic E-state index is 0. The van der Waals surface area contributed by atoms with Crippen molar-refractivity contribution in [3.8, 4) is 5.69 Å². The van der Waals surface area contributed by atoms with Crippen molar-refractivity contribution in [2.75, 3.05) is 20.1 Å². The molecule has 2 aromatic carbocycles. The lowest BCUT2D eigenvalue weighted by Gasteiger charge is -2.12. The molecule has 0 saturated heterocycles. The van der Waals surface area contributed by atoms with Crippen LogP contribution in [0.25, 0.3) is 5.69 Å². The van der Waals surface area contributed by atoms with Gasteiger partial charge in [0.05, 0.1) is 17.1 Å². The molecule has 172 valence electrons. The fourth-order valence-electron chi connectivity index (χ4n) is 3.00. The summed E-state index contributed by atoms with van der Waals surface area (Å²) in [5, 5.41) is 10.8. The van der Waals surface area contributed by atoms with Gasteiger partial charge in [0.15, 0.2) is 5.96 Å². The monoisotopic (exact) mass is 568 g/mol. The summed E-state index contributed by atoms with van der Waals surface area (Å²) in [6, 6.07) is 17.0. The summed E-state index contributed by atoms with van der Waals surface area (Å²) in [6.45, 7) is 3.84. The van der Waals surface area contributed by atoms with Crippen molar-refractivity contribution in [3.63, 3.8) is 0 Å². The standard InChI is InChI=1S/C22H28N6O2S.HI/c1-3-24-22(26-17-19-6-4-7-21(16-19)31(29,30)23-2)25-14-12-18-8-10-20(11-9-18)28-15-5-13-27-28;/h4-11,13,15-16,23H,3,12,14,17H2,1-2H3,(H2,24,25,26);1H. The summed E-state index contributed by atoms with van der Waals surface area (Å²) in [5.74, 6) is 0.692. The van der Waals surface area contributed by atoms with Crippen LogP contribution in [-0.4, -0.2) is 44.3 Å². The molecule has 0 amide bonds. The van der Waals surface area contributed by atoms with Crippen LogP contribution >= 0.6 is 24.0 Å². The first kappa shape index (κ1) is 25.8. The van der Waals surface area contributed by atoms with Crippen molar-refractivity contribution in [3.05, 3.63) is 78.1 Å². The van der Waals surface area contributed by atoms with Crippen molar-refractivity contribution >= 4 is 40.0 Å². The van der Waals surface area contributed by atoms with Crippen LogP contribution in [0, 0.1) is 0 Å². The van der Waals surface area contributed by atoms with Gasteiger partial charge in [0, 0.05) is 25.5 Å². The number of aliphatic imine (C=N–C) groups is 1. The highest BCUT2D eigenvalue weighted by Crippen LogP contribution is 2.12. The maximum Gasteiger partial charge on any atom is 0.240 e. The lowest BCUT2D eigenvalue weighted by molar-refractivity contribution is 0.588. The molecular formula is C22H29IN6O2S. The molecule has 0 atom stereocenters. The Labute approximate surface area is 206 Å². The Bertz CT molecular complexity index is 1100. The zero-order chi connectivity index (χ0) is 22.1. The van der Waals surface area contributed by atoms with Crippen LogP contribution in [0.2, 0.25) is 0 Å². The van der Waals surface area contributed by atoms with E-state index >= 15 is 0 Å². The van der Waals surface area contributed by atoms with Gasteiger partial charge in [0.2, 0.25) is 10.0 Å². The van der Waals surface area contributed by atoms with Crippen molar-refractivity contribution in [1.82, 2.24) is 25.1 Å². The Morgan fingerprint density at radius 1 is 1.06 bits per heavy atom. The highest BCUT2D eigenvalue weighted by Gasteiger charge is 2.11. The van der Waals surface area contributed by atoms with Gasteiger partial charge < -0.3 is 10.6 Å². The Hall–Kier alpha value is -2.44. The highest BCUT2D eigenvalue weighted by atomic mass is 127. The van der Waals surface area contributed by atoms with E-state index in [1.807, 2.05) is 42.1 Å². The van der Waals surface area contributed by atoms with Gasteiger partial charge in [0.25, 0.3) is 0 Å². The molecule has 3 rings (SSSR count). The van der Waals surface area contributed by atoms with Crippen LogP contribution in [0.4, 0.5) is 0 Å². The zero-order valence-electron chi connectivity index (χ0n) is 18.2. The average molecular weight is 568 g/mol. The molecule has 3 aromatic rings. The SMILES string of the molecule is CCNC(=NCc1cccc(S(=O)(=O)NC)c1)NCCc1ccc(-n2cccn2)cc1.I. The number of benzene rings is 2. The van der Waals surface area contributed by atoms with E-state index < -0.39 is 10.0 Å². The largest absolute Gasteiger partial charge is 0.357 e. The first-order chi connectivity index (χ1) is 15.0. The van der Waals surface area contributed by atoms with Gasteiger partial charge in [0.1, 0.15) is 0 Å². The number of nitrogens with one attached hydrogen (secondary N) is 3. The molecule has 32 heavy (non-hydrogen) atoms. The number of nitrogens with zero attached hydrogens (tertiary/aromatic N) is 3. The normalized spacial score (nSPS) is 11.6. The van der Waals surface area contributed by atoms with E-state index in [9.17, 15) is 8.42 Å². The molecule has 0 aliphatic heterocycles. The van der Waals surface area contributed by atoms with Crippen LogP contribution in [0.15, 0.2) is 76.9 Å². The van der Waals surface area contributed by atoms with Crippen LogP contribution in [0.3, 0.4) is 0 Å². The summed E-state index contributed by atoms with van der Waals surface area (Å²) in [7, 11) is -2.07. The molecule has 8 nitrogen and oxygen atoms in total. The molecule has 3 N–H and O–H groups in total. The van der Waals surface area contributed by atoms with Crippen LogP contribution in [0.1, 0.15) is 18.1 Å². The Morgan fingerprint density at radius 2 is 1.84 bits per heavy atom. The smallest absolute Gasteiger partial charge is 0.240 e. The van der Waals surface area contributed by atoms with Crippen molar-refractivity contribution in [2.24, 2.45) is 4.99 Å². The second-order valence-electron chi connectivity index (χ2n) is 6.84. The maximum atomic E-state index is 12.0. The molecule has 0 radical (unpaired) electrons. The van der Waals surface area contributed by atoms with Crippen LogP contribution in [0.5, 0.6) is 0 Å². The quantitative estimate of drug-likeness (QED) is 0.210. The topological polar surface area (TPSA) is 100 Å². The van der Waals surface area contributed by atoms with Gasteiger partial charge in [-0.05, 0) is 61.9 Å². The first-order valence-corrected chi connectivity index (χ1v) is 11.6. The summed E-state index contributed by atoms with van der Waals surface area (Å²) < 4.78 is 28.1. The van der Waals surface area contributed by atoms with E-state index in [1.165, 1.54) is 12.6 Å². The lowest BCUT2D eigenvalue weighted by Crippen LogP contribution is -2.38. The molecule has 1 aromatic heterocycles. The average Bonchev–Trinajstić information content (AvgIpc) is 3.33. The van der Waals surface area contributed by atoms with Gasteiger partial charge >= 0.3 is 0 Å². The summed E-state index contributed by atoms with van der Waals surface area (Å²) >= 11 is 0. The van der Waals surface area contributed by atoms with Crippen LogP contribution < -0.4 is 15.4 Å². The molecule has 0 aliphatic carbocycles. The number of aromatic nitrogens is 2. The number of rotatable bonds is 9. The van der Waals surface area contributed by atoms with Gasteiger partial charge in [-0.25, -0.2) is 22.8 Å². The summed E-state index contributed by atoms with van der Waals surface area (Å²) in [4.78, 5) is 4.81. The van der Waals surface area contributed by atoms with Crippen molar-refractivity contribution in [1.29, 1.82) is 0 Å². The predicted molar refractivity (Wildman–Crippen MR) is 138 cm³/mol. The predicted octanol–water partition coefficient (Wildman–Crippen LogP) is 2.70. The Morgan fingerprint density at radius 3 is 2.50 bits per heavy atom. The lowest BCUT2D eigenvalue weighted by atomic mass is 10.1. The molecule has 0 unspecified atom stereocenters. The third kappa shape index (κ3) is 7.31. The van der Waals surface area contributed by atoms with Crippen molar-refractivity contribution < 1.29 is 8.42 Å². The van der Waals surface area contributed by atoms with E-state index in [-0.39, 0.29) is 28.9 Å². The third-order valence-electron chi connectivity index (χ3n) is 4.65. The number of hydrogen-bond acceptors (Lipinski definition) is 4. The number of guanidine groups is 1. The molecular weight excluding hydrogens is 539 g/mol. The van der Waals surface area contributed by atoms with E-state index in [0.717, 1.165) is 30.8 Å². The molecule has 0 aliphatic rings. The minimum atomic E-state index is -3.47. The molecule has 0 saturated carbocycles. The highest BCUT2D eigenvalue weighted by molar-refractivity contribution is 14.0. The molecule has 1 heterocycles. The maximum absolute atomic E-state index is 12.0. The Balaban J connectivity index is 0.00000363. The molecule has 0 spiro atoms. The number of sulfonamides is 1. The van der Waals surface area contributed by atoms with Crippen molar-refractivity contribution in [2.45, 2.75) is 24.8 Å². The van der Waals surface area contributed by atoms with E-state index in [1.54, 1.807) is 24.4 Å². The molecule has 0 bridgehead atoms. The number of halogens is 1.